The van der Waals surface area contributed by atoms with E-state index >= 15 is 0 Å². The fourth-order valence-electron chi connectivity index (χ4n) is 2.26. The first-order chi connectivity index (χ1) is 8.45. The second-order valence-corrected chi connectivity index (χ2v) is 4.63. The van der Waals surface area contributed by atoms with Crippen molar-refractivity contribution in [2.24, 2.45) is 0 Å². The molecular weight excluding hydrogens is 212 g/mol. The zero-order valence-corrected chi connectivity index (χ0v) is 10.4. The van der Waals surface area contributed by atoms with Crippen LogP contribution in [0.1, 0.15) is 31.2 Å². The largest absolute Gasteiger partial charge is 0.377 e. The number of nitrogens with one attached hydrogen (secondary N) is 1. The second-order valence-electron chi connectivity index (χ2n) is 4.63. The summed E-state index contributed by atoms with van der Waals surface area (Å²) >= 11 is 0. The van der Waals surface area contributed by atoms with Crippen LogP contribution in [0.25, 0.3) is 0 Å². The summed E-state index contributed by atoms with van der Waals surface area (Å²) in [6, 6.07) is 4.13. The van der Waals surface area contributed by atoms with Gasteiger partial charge < -0.3 is 10.1 Å². The van der Waals surface area contributed by atoms with Crippen molar-refractivity contribution in [1.82, 2.24) is 10.3 Å². The minimum Gasteiger partial charge on any atom is -0.377 e. The summed E-state index contributed by atoms with van der Waals surface area (Å²) in [4.78, 5) is 4.01. The van der Waals surface area contributed by atoms with Gasteiger partial charge in [0.15, 0.2) is 0 Å². The fraction of sp³-hybridized carbons (Fsp3) is 0.643. The van der Waals surface area contributed by atoms with Crippen molar-refractivity contribution in [1.29, 1.82) is 0 Å². The van der Waals surface area contributed by atoms with Gasteiger partial charge in [0, 0.05) is 18.9 Å². The Bertz CT molecular complexity index is 296. The number of ether oxygens (including phenoxy) is 1. The molecule has 17 heavy (non-hydrogen) atoms. The lowest BCUT2D eigenvalue weighted by atomic mass is 10.2. The number of pyridine rings is 1. The quantitative estimate of drug-likeness (QED) is 0.734. The predicted molar refractivity (Wildman–Crippen MR) is 69.0 cm³/mol. The third-order valence-corrected chi connectivity index (χ3v) is 3.27. The molecule has 3 heteroatoms. The van der Waals surface area contributed by atoms with E-state index in [0.717, 1.165) is 26.1 Å². The van der Waals surface area contributed by atoms with Gasteiger partial charge in [0.25, 0.3) is 0 Å². The van der Waals surface area contributed by atoms with E-state index < -0.39 is 0 Å². The highest BCUT2D eigenvalue weighted by Crippen LogP contribution is 2.20. The molecule has 0 atom stereocenters. The van der Waals surface area contributed by atoms with Crippen LogP contribution >= 0.6 is 0 Å². The monoisotopic (exact) mass is 234 g/mol. The fourth-order valence-corrected chi connectivity index (χ4v) is 2.26. The maximum Gasteiger partial charge on any atom is 0.0594 e. The Labute approximate surface area is 104 Å². The van der Waals surface area contributed by atoms with E-state index in [0.29, 0.717) is 6.10 Å². The van der Waals surface area contributed by atoms with E-state index in [-0.39, 0.29) is 0 Å². The van der Waals surface area contributed by atoms with Gasteiger partial charge in [-0.15, -0.1) is 0 Å². The maximum absolute atomic E-state index is 5.78. The third-order valence-electron chi connectivity index (χ3n) is 3.27. The molecule has 0 spiro atoms. The number of hydrogen-bond acceptors (Lipinski definition) is 3. The van der Waals surface area contributed by atoms with Gasteiger partial charge in [0.2, 0.25) is 0 Å². The van der Waals surface area contributed by atoms with Crippen LogP contribution in [0.15, 0.2) is 24.5 Å². The van der Waals surface area contributed by atoms with Gasteiger partial charge >= 0.3 is 0 Å². The maximum atomic E-state index is 5.78. The normalized spacial score (nSPS) is 16.5. The van der Waals surface area contributed by atoms with E-state index in [2.05, 4.69) is 22.4 Å². The lowest BCUT2D eigenvalue weighted by Crippen LogP contribution is -2.24. The van der Waals surface area contributed by atoms with Gasteiger partial charge in [-0.05, 0) is 43.5 Å². The number of rotatable bonds is 7. The molecule has 1 fully saturated rings. The van der Waals surface area contributed by atoms with Crippen molar-refractivity contribution in [3.63, 3.8) is 0 Å². The lowest BCUT2D eigenvalue weighted by Gasteiger charge is -2.11. The van der Waals surface area contributed by atoms with E-state index in [1.807, 2.05) is 12.4 Å². The Balaban J connectivity index is 1.46. The highest BCUT2D eigenvalue weighted by atomic mass is 16.5. The van der Waals surface area contributed by atoms with Crippen molar-refractivity contribution in [2.75, 3.05) is 19.7 Å². The first-order valence-corrected chi connectivity index (χ1v) is 6.66. The second kappa shape index (κ2) is 7.41. The molecule has 0 radical (unpaired) electrons. The summed E-state index contributed by atoms with van der Waals surface area (Å²) in [6.07, 6.45) is 10.5. The van der Waals surface area contributed by atoms with Gasteiger partial charge in [-0.25, -0.2) is 0 Å². The Morgan fingerprint density at radius 1 is 1.18 bits per heavy atom. The van der Waals surface area contributed by atoms with Gasteiger partial charge in [0.1, 0.15) is 0 Å². The molecule has 1 aliphatic carbocycles. The van der Waals surface area contributed by atoms with Crippen LogP contribution in [0.2, 0.25) is 0 Å². The summed E-state index contributed by atoms with van der Waals surface area (Å²) < 4.78 is 5.78. The minimum atomic E-state index is 0.539. The van der Waals surface area contributed by atoms with Crippen molar-refractivity contribution < 1.29 is 4.74 Å². The zero-order valence-electron chi connectivity index (χ0n) is 10.4. The smallest absolute Gasteiger partial charge is 0.0594 e. The number of nitrogens with zero attached hydrogens (tertiary/aromatic N) is 1. The summed E-state index contributed by atoms with van der Waals surface area (Å²) in [5.74, 6) is 0. The van der Waals surface area contributed by atoms with Crippen LogP contribution in [-0.4, -0.2) is 30.8 Å². The molecule has 1 heterocycles. The first-order valence-electron chi connectivity index (χ1n) is 6.66. The SMILES string of the molecule is c1cc(CCNCCOC2CCCC2)ccn1. The van der Waals surface area contributed by atoms with E-state index in [1.54, 1.807) is 0 Å². The van der Waals surface area contributed by atoms with Gasteiger partial charge in [0.05, 0.1) is 12.7 Å². The summed E-state index contributed by atoms with van der Waals surface area (Å²) in [7, 11) is 0. The molecule has 0 bridgehead atoms. The topological polar surface area (TPSA) is 34.1 Å². The molecular formula is C14H22N2O. The zero-order chi connectivity index (χ0) is 11.8. The average Bonchev–Trinajstić information content (AvgIpc) is 2.88. The molecule has 0 saturated heterocycles. The third kappa shape index (κ3) is 4.84. The minimum absolute atomic E-state index is 0.539. The Morgan fingerprint density at radius 2 is 1.94 bits per heavy atom. The molecule has 0 aliphatic heterocycles. The first kappa shape index (κ1) is 12.5. The number of hydrogen-bond donors (Lipinski definition) is 1. The van der Waals surface area contributed by atoms with E-state index in [1.165, 1.54) is 31.2 Å². The van der Waals surface area contributed by atoms with Gasteiger partial charge in [-0.2, -0.15) is 0 Å². The van der Waals surface area contributed by atoms with Crippen LogP contribution in [0.3, 0.4) is 0 Å². The molecule has 2 rings (SSSR count). The molecule has 1 aromatic rings. The molecule has 1 N–H and O–H groups in total. The summed E-state index contributed by atoms with van der Waals surface area (Å²) in [6.45, 7) is 2.82. The Hall–Kier alpha value is -0.930. The predicted octanol–water partition coefficient (Wildman–Crippen LogP) is 2.17. The molecule has 94 valence electrons. The Kier molecular flexibility index (Phi) is 5.46. The van der Waals surface area contributed by atoms with Crippen molar-refractivity contribution in [3.05, 3.63) is 30.1 Å². The van der Waals surface area contributed by atoms with Crippen LogP contribution in [0, 0.1) is 0 Å². The summed E-state index contributed by atoms with van der Waals surface area (Å²) in [5.41, 5.74) is 1.34. The molecule has 1 aromatic heterocycles. The van der Waals surface area contributed by atoms with Gasteiger partial charge in [-0.1, -0.05) is 12.8 Å². The summed E-state index contributed by atoms with van der Waals surface area (Å²) in [5, 5.41) is 3.41. The van der Waals surface area contributed by atoms with Crippen molar-refractivity contribution in [2.45, 2.75) is 38.2 Å². The molecule has 0 amide bonds. The molecule has 3 nitrogen and oxygen atoms in total. The highest BCUT2D eigenvalue weighted by molar-refractivity contribution is 5.09. The van der Waals surface area contributed by atoms with E-state index in [4.69, 9.17) is 4.74 Å². The van der Waals surface area contributed by atoms with Crippen molar-refractivity contribution >= 4 is 0 Å². The van der Waals surface area contributed by atoms with Crippen LogP contribution in [0.4, 0.5) is 0 Å². The molecule has 1 aliphatic rings. The average molecular weight is 234 g/mol. The van der Waals surface area contributed by atoms with Crippen LogP contribution in [0.5, 0.6) is 0 Å². The molecule has 0 unspecified atom stereocenters. The van der Waals surface area contributed by atoms with Crippen LogP contribution in [-0.2, 0) is 11.2 Å². The van der Waals surface area contributed by atoms with Crippen LogP contribution < -0.4 is 5.32 Å². The van der Waals surface area contributed by atoms with Crippen molar-refractivity contribution in [3.8, 4) is 0 Å². The van der Waals surface area contributed by atoms with Gasteiger partial charge in [-0.3, -0.25) is 4.98 Å². The number of aromatic nitrogens is 1. The highest BCUT2D eigenvalue weighted by Gasteiger charge is 2.14. The van der Waals surface area contributed by atoms with E-state index in [9.17, 15) is 0 Å². The Morgan fingerprint density at radius 3 is 2.71 bits per heavy atom. The standard InChI is InChI=1S/C14H22N2O/c1-2-4-14(3-1)17-12-11-16-10-7-13-5-8-15-9-6-13/h5-6,8-9,14,16H,1-4,7,10-12H2. The lowest BCUT2D eigenvalue weighted by molar-refractivity contribution is 0.0605. The molecule has 0 aromatic carbocycles. The molecule has 1 saturated carbocycles.